The molecular weight excluding hydrogens is 222 g/mol. The van der Waals surface area contributed by atoms with E-state index in [1.165, 1.54) is 7.11 Å². The second-order valence-corrected chi connectivity index (χ2v) is 3.48. The van der Waals surface area contributed by atoms with Gasteiger partial charge in [-0.1, -0.05) is 30.3 Å². The number of benzene rings is 1. The molecule has 1 atom stereocenters. The van der Waals surface area contributed by atoms with Crippen molar-refractivity contribution in [2.24, 2.45) is 5.73 Å². The zero-order valence-electron chi connectivity index (χ0n) is 9.59. The Labute approximate surface area is 99.5 Å². The highest BCUT2D eigenvalue weighted by Crippen LogP contribution is 2.02. The normalized spacial score (nSPS) is 11.6. The average molecular weight is 237 g/mol. The highest BCUT2D eigenvalue weighted by molar-refractivity contribution is 5.82. The predicted octanol–water partition coefficient (Wildman–Crippen LogP) is 0.620. The second-order valence-electron chi connectivity index (χ2n) is 3.48. The van der Waals surface area contributed by atoms with Crippen molar-refractivity contribution in [3.8, 4) is 0 Å². The summed E-state index contributed by atoms with van der Waals surface area (Å²) in [6.45, 7) is 0.147. The van der Waals surface area contributed by atoms with Gasteiger partial charge in [-0.2, -0.15) is 0 Å². The van der Waals surface area contributed by atoms with E-state index in [0.717, 1.165) is 5.56 Å². The number of hydrogen-bond donors (Lipinski definition) is 1. The fraction of sp³-hybridized carbons (Fsp3) is 0.333. The van der Waals surface area contributed by atoms with Gasteiger partial charge in [-0.25, -0.2) is 0 Å². The smallest absolute Gasteiger partial charge is 0.323 e. The van der Waals surface area contributed by atoms with Crippen molar-refractivity contribution in [1.29, 1.82) is 0 Å². The largest absolute Gasteiger partial charge is 0.469 e. The molecule has 0 radical (unpaired) electrons. The molecular formula is C12H15NO4. The molecule has 0 aliphatic heterocycles. The molecule has 0 fully saturated rings. The lowest BCUT2D eigenvalue weighted by Crippen LogP contribution is -2.34. The maximum atomic E-state index is 11.4. The average Bonchev–Trinajstić information content (AvgIpc) is 2.36. The van der Waals surface area contributed by atoms with Crippen LogP contribution in [0, 0.1) is 0 Å². The van der Waals surface area contributed by atoms with Gasteiger partial charge in [0.2, 0.25) is 0 Å². The Hall–Kier alpha value is -1.88. The van der Waals surface area contributed by atoms with Crippen molar-refractivity contribution in [1.82, 2.24) is 0 Å². The molecule has 0 aromatic heterocycles. The lowest BCUT2D eigenvalue weighted by Gasteiger charge is -2.10. The van der Waals surface area contributed by atoms with Crippen molar-refractivity contribution in [2.75, 3.05) is 7.11 Å². The van der Waals surface area contributed by atoms with Crippen LogP contribution in [0.25, 0.3) is 0 Å². The standard InChI is InChI=1S/C12H15NO4/c1-16-11(14)7-10(13)12(15)17-8-9-5-3-2-4-6-9/h2-6,10H,7-8,13H2,1H3/t10-/m1/s1. The molecule has 1 rings (SSSR count). The number of esters is 2. The summed E-state index contributed by atoms with van der Waals surface area (Å²) in [5.41, 5.74) is 6.35. The van der Waals surface area contributed by atoms with E-state index in [1.807, 2.05) is 30.3 Å². The predicted molar refractivity (Wildman–Crippen MR) is 60.8 cm³/mol. The Morgan fingerprint density at radius 2 is 1.94 bits per heavy atom. The molecule has 92 valence electrons. The van der Waals surface area contributed by atoms with Crippen LogP contribution in [-0.2, 0) is 25.7 Å². The number of hydrogen-bond acceptors (Lipinski definition) is 5. The summed E-state index contributed by atoms with van der Waals surface area (Å²) >= 11 is 0. The molecule has 0 saturated heterocycles. The molecule has 17 heavy (non-hydrogen) atoms. The van der Waals surface area contributed by atoms with Crippen molar-refractivity contribution in [2.45, 2.75) is 19.1 Å². The number of carbonyl (C=O) groups is 2. The van der Waals surface area contributed by atoms with Crippen LogP contribution in [0.4, 0.5) is 0 Å². The zero-order chi connectivity index (χ0) is 12.7. The van der Waals surface area contributed by atoms with Crippen LogP contribution in [0.3, 0.4) is 0 Å². The Morgan fingerprint density at radius 3 is 2.53 bits per heavy atom. The minimum absolute atomic E-state index is 0.147. The molecule has 1 aromatic carbocycles. The summed E-state index contributed by atoms with van der Waals surface area (Å²) in [4.78, 5) is 22.3. The van der Waals surface area contributed by atoms with Crippen LogP contribution < -0.4 is 5.73 Å². The molecule has 0 amide bonds. The maximum absolute atomic E-state index is 11.4. The van der Waals surface area contributed by atoms with Gasteiger partial charge >= 0.3 is 11.9 Å². The van der Waals surface area contributed by atoms with Crippen LogP contribution in [-0.4, -0.2) is 25.1 Å². The lowest BCUT2D eigenvalue weighted by molar-refractivity contribution is -0.151. The Balaban J connectivity index is 2.37. The molecule has 0 spiro atoms. The molecule has 0 aliphatic carbocycles. The topological polar surface area (TPSA) is 78.6 Å². The molecule has 0 aliphatic rings. The third-order valence-corrected chi connectivity index (χ3v) is 2.14. The zero-order valence-corrected chi connectivity index (χ0v) is 9.59. The first-order chi connectivity index (χ1) is 8.13. The number of nitrogens with two attached hydrogens (primary N) is 1. The maximum Gasteiger partial charge on any atom is 0.323 e. The van der Waals surface area contributed by atoms with E-state index in [1.54, 1.807) is 0 Å². The third-order valence-electron chi connectivity index (χ3n) is 2.14. The summed E-state index contributed by atoms with van der Waals surface area (Å²) in [6, 6.07) is 8.24. The van der Waals surface area contributed by atoms with Crippen LogP contribution in [0.1, 0.15) is 12.0 Å². The van der Waals surface area contributed by atoms with E-state index >= 15 is 0 Å². The number of methoxy groups -OCH3 is 1. The summed E-state index contributed by atoms with van der Waals surface area (Å²) in [6.07, 6.45) is -0.176. The van der Waals surface area contributed by atoms with Crippen molar-refractivity contribution in [3.63, 3.8) is 0 Å². The van der Waals surface area contributed by atoms with Gasteiger partial charge in [0, 0.05) is 0 Å². The highest BCUT2D eigenvalue weighted by Gasteiger charge is 2.19. The van der Waals surface area contributed by atoms with Gasteiger partial charge in [0.15, 0.2) is 0 Å². The summed E-state index contributed by atoms with van der Waals surface area (Å²) < 4.78 is 9.37. The Morgan fingerprint density at radius 1 is 1.29 bits per heavy atom. The Kier molecular flexibility index (Phi) is 5.16. The van der Waals surface area contributed by atoms with Gasteiger partial charge in [0.1, 0.15) is 12.6 Å². The van der Waals surface area contributed by atoms with E-state index in [9.17, 15) is 9.59 Å². The highest BCUT2D eigenvalue weighted by atomic mass is 16.5. The first-order valence-electron chi connectivity index (χ1n) is 5.16. The second kappa shape index (κ2) is 6.65. The fourth-order valence-corrected chi connectivity index (χ4v) is 1.18. The van der Waals surface area contributed by atoms with Gasteiger partial charge in [-0.15, -0.1) is 0 Å². The molecule has 0 heterocycles. The van der Waals surface area contributed by atoms with Crippen LogP contribution in [0.15, 0.2) is 30.3 Å². The van der Waals surface area contributed by atoms with E-state index in [-0.39, 0.29) is 13.0 Å². The van der Waals surface area contributed by atoms with Gasteiger partial charge < -0.3 is 15.2 Å². The monoisotopic (exact) mass is 237 g/mol. The van der Waals surface area contributed by atoms with E-state index in [0.29, 0.717) is 0 Å². The number of ether oxygens (including phenoxy) is 2. The third kappa shape index (κ3) is 4.65. The lowest BCUT2D eigenvalue weighted by atomic mass is 10.2. The first kappa shape index (κ1) is 13.2. The molecule has 1 aromatic rings. The summed E-state index contributed by atoms with van der Waals surface area (Å²) in [5, 5.41) is 0. The van der Waals surface area contributed by atoms with E-state index in [4.69, 9.17) is 10.5 Å². The van der Waals surface area contributed by atoms with Gasteiger partial charge in [-0.3, -0.25) is 9.59 Å². The Bertz CT molecular complexity index is 377. The molecule has 5 nitrogen and oxygen atoms in total. The van der Waals surface area contributed by atoms with Gasteiger partial charge in [0.25, 0.3) is 0 Å². The molecule has 0 bridgehead atoms. The van der Waals surface area contributed by atoms with Gasteiger partial charge in [-0.05, 0) is 5.56 Å². The van der Waals surface area contributed by atoms with E-state index < -0.39 is 18.0 Å². The number of rotatable bonds is 5. The quantitative estimate of drug-likeness (QED) is 0.759. The van der Waals surface area contributed by atoms with Crippen LogP contribution >= 0.6 is 0 Å². The molecule has 0 unspecified atom stereocenters. The molecule has 0 saturated carbocycles. The first-order valence-corrected chi connectivity index (χ1v) is 5.16. The minimum Gasteiger partial charge on any atom is -0.469 e. The van der Waals surface area contributed by atoms with Crippen LogP contribution in [0.2, 0.25) is 0 Å². The molecule has 2 N–H and O–H groups in total. The SMILES string of the molecule is COC(=O)C[C@@H](N)C(=O)OCc1ccccc1. The van der Waals surface area contributed by atoms with Gasteiger partial charge in [0.05, 0.1) is 13.5 Å². The van der Waals surface area contributed by atoms with Crippen molar-refractivity contribution in [3.05, 3.63) is 35.9 Å². The minimum atomic E-state index is -0.980. The number of carbonyl (C=O) groups excluding carboxylic acids is 2. The fourth-order valence-electron chi connectivity index (χ4n) is 1.18. The van der Waals surface area contributed by atoms with Crippen molar-refractivity contribution < 1.29 is 19.1 Å². The summed E-state index contributed by atoms with van der Waals surface area (Å²) in [5.74, 6) is -1.14. The van der Waals surface area contributed by atoms with E-state index in [2.05, 4.69) is 4.74 Å². The van der Waals surface area contributed by atoms with Crippen LogP contribution in [0.5, 0.6) is 0 Å². The van der Waals surface area contributed by atoms with Crippen molar-refractivity contribution >= 4 is 11.9 Å². The summed E-state index contributed by atoms with van der Waals surface area (Å²) in [7, 11) is 1.24. The molecule has 5 heteroatoms.